The largest absolute Gasteiger partial charge is 0.475 e. The molecule has 0 bridgehead atoms. The number of hydrogen-bond acceptors (Lipinski definition) is 3. The zero-order valence-corrected chi connectivity index (χ0v) is 7.99. The molecule has 0 amide bonds. The number of carbonyl (C=O) groups is 1. The summed E-state index contributed by atoms with van der Waals surface area (Å²) in [6, 6.07) is 1.66. The van der Waals surface area contributed by atoms with Gasteiger partial charge in [0, 0.05) is 0 Å². The van der Waals surface area contributed by atoms with E-state index in [1.54, 1.807) is 6.07 Å². The SMILES string of the molecule is Cc1cc(Cl)nn2c(C(=O)O)ncc12. The highest BCUT2D eigenvalue weighted by Gasteiger charge is 2.13. The van der Waals surface area contributed by atoms with Gasteiger partial charge in [0.2, 0.25) is 5.82 Å². The molecule has 5 nitrogen and oxygen atoms in total. The lowest BCUT2D eigenvalue weighted by atomic mass is 10.3. The standard InChI is InChI=1S/C8H6ClN3O2/c1-4-2-6(9)11-12-5(4)3-10-7(12)8(13)14/h2-3H,1H3,(H,13,14). The topological polar surface area (TPSA) is 67.5 Å². The number of fused-ring (bicyclic) bond motifs is 1. The Morgan fingerprint density at radius 1 is 1.64 bits per heavy atom. The predicted octanol–water partition coefficient (Wildman–Crippen LogP) is 1.39. The smallest absolute Gasteiger partial charge is 0.374 e. The molecule has 0 spiro atoms. The maximum atomic E-state index is 10.7. The van der Waals surface area contributed by atoms with Crippen molar-refractivity contribution in [2.75, 3.05) is 0 Å². The number of carboxylic acids is 1. The second-order valence-corrected chi connectivity index (χ2v) is 3.22. The fraction of sp³-hybridized carbons (Fsp3) is 0.125. The van der Waals surface area contributed by atoms with Gasteiger partial charge in [-0.3, -0.25) is 0 Å². The fourth-order valence-electron chi connectivity index (χ4n) is 1.24. The molecule has 0 saturated carbocycles. The van der Waals surface area contributed by atoms with Gasteiger partial charge in [0.25, 0.3) is 0 Å². The molecule has 72 valence electrons. The van der Waals surface area contributed by atoms with Gasteiger partial charge in [0.1, 0.15) is 5.15 Å². The van der Waals surface area contributed by atoms with Crippen LogP contribution in [-0.2, 0) is 0 Å². The molecule has 0 aliphatic heterocycles. The van der Waals surface area contributed by atoms with Gasteiger partial charge in [0.15, 0.2) is 0 Å². The summed E-state index contributed by atoms with van der Waals surface area (Å²) in [5.74, 6) is -1.26. The molecule has 0 aliphatic rings. The van der Waals surface area contributed by atoms with E-state index in [4.69, 9.17) is 16.7 Å². The number of hydrogen-bond donors (Lipinski definition) is 1. The highest BCUT2D eigenvalue weighted by Crippen LogP contribution is 2.14. The minimum atomic E-state index is -1.13. The molecule has 0 atom stereocenters. The van der Waals surface area contributed by atoms with Crippen molar-refractivity contribution < 1.29 is 9.90 Å². The number of aromatic carboxylic acids is 1. The molecule has 0 unspecified atom stereocenters. The Balaban J connectivity index is 2.85. The number of carboxylic acid groups (broad SMARTS) is 1. The molecule has 6 heteroatoms. The number of aryl methyl sites for hydroxylation is 1. The van der Waals surface area contributed by atoms with Crippen LogP contribution >= 0.6 is 11.6 Å². The Kier molecular flexibility index (Phi) is 1.89. The molecule has 1 N–H and O–H groups in total. The van der Waals surface area contributed by atoms with E-state index in [0.717, 1.165) is 5.56 Å². The van der Waals surface area contributed by atoms with Crippen LogP contribution in [0.15, 0.2) is 12.3 Å². The summed E-state index contributed by atoms with van der Waals surface area (Å²) in [5.41, 5.74) is 1.48. The van der Waals surface area contributed by atoms with E-state index < -0.39 is 5.97 Å². The lowest BCUT2D eigenvalue weighted by Crippen LogP contribution is -2.06. The lowest BCUT2D eigenvalue weighted by Gasteiger charge is -1.99. The van der Waals surface area contributed by atoms with Gasteiger partial charge >= 0.3 is 5.97 Å². The van der Waals surface area contributed by atoms with Crippen LogP contribution in [0.2, 0.25) is 5.15 Å². The van der Waals surface area contributed by atoms with Crippen LogP contribution in [-0.4, -0.2) is 25.7 Å². The summed E-state index contributed by atoms with van der Waals surface area (Å²) in [6.45, 7) is 1.82. The summed E-state index contributed by atoms with van der Waals surface area (Å²) in [4.78, 5) is 14.5. The van der Waals surface area contributed by atoms with Gasteiger partial charge in [-0.15, -0.1) is 0 Å². The maximum absolute atomic E-state index is 10.7. The minimum absolute atomic E-state index is 0.134. The zero-order chi connectivity index (χ0) is 10.3. The summed E-state index contributed by atoms with van der Waals surface area (Å²) in [7, 11) is 0. The Labute approximate surface area is 83.9 Å². The molecular formula is C8H6ClN3O2. The van der Waals surface area contributed by atoms with Gasteiger partial charge in [-0.2, -0.15) is 5.10 Å². The summed E-state index contributed by atoms with van der Waals surface area (Å²) >= 11 is 5.70. The second kappa shape index (κ2) is 2.95. The van der Waals surface area contributed by atoms with Crippen LogP contribution < -0.4 is 0 Å². The number of aromatic nitrogens is 3. The number of nitrogens with zero attached hydrogens (tertiary/aromatic N) is 3. The van der Waals surface area contributed by atoms with Crippen LogP contribution in [0.4, 0.5) is 0 Å². The van der Waals surface area contributed by atoms with Crippen LogP contribution in [0.25, 0.3) is 5.52 Å². The fourth-order valence-corrected chi connectivity index (χ4v) is 1.48. The van der Waals surface area contributed by atoms with Crippen LogP contribution in [0, 0.1) is 6.92 Å². The minimum Gasteiger partial charge on any atom is -0.475 e. The molecule has 2 aromatic heterocycles. The van der Waals surface area contributed by atoms with E-state index in [-0.39, 0.29) is 11.0 Å². The number of rotatable bonds is 1. The first kappa shape index (κ1) is 8.96. The first-order valence-corrected chi connectivity index (χ1v) is 4.21. The van der Waals surface area contributed by atoms with Gasteiger partial charge in [-0.1, -0.05) is 11.6 Å². The highest BCUT2D eigenvalue weighted by molar-refractivity contribution is 6.29. The van der Waals surface area contributed by atoms with Gasteiger partial charge in [-0.25, -0.2) is 14.3 Å². The van der Waals surface area contributed by atoms with E-state index in [0.29, 0.717) is 5.52 Å². The molecule has 0 aliphatic carbocycles. The quantitative estimate of drug-likeness (QED) is 0.774. The van der Waals surface area contributed by atoms with Crippen LogP contribution in [0.1, 0.15) is 16.2 Å². The molecule has 0 radical (unpaired) electrons. The Bertz CT molecular complexity index is 521. The first-order valence-electron chi connectivity index (χ1n) is 3.84. The van der Waals surface area contributed by atoms with E-state index in [1.807, 2.05) is 6.92 Å². The van der Waals surface area contributed by atoms with Crippen LogP contribution in [0.3, 0.4) is 0 Å². The third-order valence-electron chi connectivity index (χ3n) is 1.86. The average Bonchev–Trinajstić information content (AvgIpc) is 2.47. The molecule has 2 aromatic rings. The molecule has 0 fully saturated rings. The van der Waals surface area contributed by atoms with Crippen LogP contribution in [0.5, 0.6) is 0 Å². The monoisotopic (exact) mass is 211 g/mol. The molecule has 0 saturated heterocycles. The zero-order valence-electron chi connectivity index (χ0n) is 7.23. The molecule has 2 heterocycles. The van der Waals surface area contributed by atoms with Crippen molar-refractivity contribution in [1.29, 1.82) is 0 Å². The normalized spacial score (nSPS) is 10.7. The molecule has 2 rings (SSSR count). The first-order chi connectivity index (χ1) is 6.59. The number of imidazole rings is 1. The van der Waals surface area contributed by atoms with E-state index in [9.17, 15) is 4.79 Å². The Morgan fingerprint density at radius 3 is 3.00 bits per heavy atom. The van der Waals surface area contributed by atoms with Crippen molar-refractivity contribution in [2.45, 2.75) is 6.92 Å². The van der Waals surface area contributed by atoms with E-state index in [2.05, 4.69) is 10.1 Å². The summed E-state index contributed by atoms with van der Waals surface area (Å²) in [5, 5.41) is 12.9. The van der Waals surface area contributed by atoms with Crippen molar-refractivity contribution >= 4 is 23.1 Å². The van der Waals surface area contributed by atoms with E-state index in [1.165, 1.54) is 10.7 Å². The van der Waals surface area contributed by atoms with Crippen molar-refractivity contribution in [2.24, 2.45) is 0 Å². The van der Waals surface area contributed by atoms with Gasteiger partial charge in [0.05, 0.1) is 11.7 Å². The van der Waals surface area contributed by atoms with Gasteiger partial charge < -0.3 is 5.11 Å². The van der Waals surface area contributed by atoms with Crippen molar-refractivity contribution in [3.8, 4) is 0 Å². The summed E-state index contributed by atoms with van der Waals surface area (Å²) in [6.07, 6.45) is 1.46. The average molecular weight is 212 g/mol. The van der Waals surface area contributed by atoms with Crippen molar-refractivity contribution in [3.05, 3.63) is 28.8 Å². The molecule has 14 heavy (non-hydrogen) atoms. The second-order valence-electron chi connectivity index (χ2n) is 2.83. The Hall–Kier alpha value is -1.62. The third-order valence-corrected chi connectivity index (χ3v) is 2.05. The Morgan fingerprint density at radius 2 is 2.36 bits per heavy atom. The number of halogens is 1. The summed E-state index contributed by atoms with van der Waals surface area (Å²) < 4.78 is 1.22. The maximum Gasteiger partial charge on any atom is 0.374 e. The highest BCUT2D eigenvalue weighted by atomic mass is 35.5. The van der Waals surface area contributed by atoms with E-state index >= 15 is 0 Å². The van der Waals surface area contributed by atoms with Gasteiger partial charge in [-0.05, 0) is 18.6 Å². The molecule has 0 aromatic carbocycles. The lowest BCUT2D eigenvalue weighted by molar-refractivity contribution is 0.0681. The van der Waals surface area contributed by atoms with Crippen molar-refractivity contribution in [3.63, 3.8) is 0 Å². The van der Waals surface area contributed by atoms with Crippen molar-refractivity contribution in [1.82, 2.24) is 14.6 Å². The third kappa shape index (κ3) is 1.22. The predicted molar refractivity (Wildman–Crippen MR) is 49.7 cm³/mol. The molecular weight excluding hydrogens is 206 g/mol.